The van der Waals surface area contributed by atoms with Gasteiger partial charge in [-0.15, -0.1) is 0 Å². The quantitative estimate of drug-likeness (QED) is 0.595. The van der Waals surface area contributed by atoms with E-state index >= 15 is 0 Å². The van der Waals surface area contributed by atoms with Gasteiger partial charge >= 0.3 is 0 Å². The van der Waals surface area contributed by atoms with Gasteiger partial charge in [-0.25, -0.2) is 4.98 Å². The molecule has 1 aliphatic heterocycles. The molecule has 27 heavy (non-hydrogen) atoms. The van der Waals surface area contributed by atoms with Crippen LogP contribution in [0.15, 0.2) is 54.6 Å². The number of aromatic nitrogens is 2. The Hall–Kier alpha value is -2.13. The number of likely N-dealkylation sites (tertiary alicyclic amines) is 1. The highest BCUT2D eigenvalue weighted by atomic mass is 15.1. The lowest BCUT2D eigenvalue weighted by molar-refractivity contribution is 0.127. The minimum absolute atomic E-state index is 0.786. The largest absolute Gasteiger partial charge is 0.342 e. The maximum absolute atomic E-state index is 4.69. The number of fused-ring (bicyclic) bond motifs is 1. The van der Waals surface area contributed by atoms with Crippen molar-refractivity contribution < 1.29 is 0 Å². The molecule has 0 spiro atoms. The number of rotatable bonds is 7. The standard InChI is InChI=1S/C24H31N3/c1-19-18-27(16-14-21(19)17-20-9-3-2-4-10-20)15-8-7-13-24-25-22-11-5-6-12-23(22)26-24/h2-6,9-12,19,21H,7-8,13-18H2,1H3,(H,25,26). The van der Waals surface area contributed by atoms with Crippen molar-refractivity contribution in [1.82, 2.24) is 14.9 Å². The Labute approximate surface area is 162 Å². The molecule has 1 aliphatic rings. The Balaban J connectivity index is 1.19. The summed E-state index contributed by atoms with van der Waals surface area (Å²) in [7, 11) is 0. The summed E-state index contributed by atoms with van der Waals surface area (Å²) in [6.07, 6.45) is 6.08. The van der Waals surface area contributed by atoms with Gasteiger partial charge in [-0.05, 0) is 68.3 Å². The number of piperidine rings is 1. The SMILES string of the molecule is CC1CN(CCCCc2nc3ccccc3[nH]2)CCC1Cc1ccccc1. The molecule has 0 radical (unpaired) electrons. The summed E-state index contributed by atoms with van der Waals surface area (Å²) >= 11 is 0. The molecule has 1 fully saturated rings. The molecule has 1 N–H and O–H groups in total. The van der Waals surface area contributed by atoms with Crippen molar-refractivity contribution in [2.75, 3.05) is 19.6 Å². The highest BCUT2D eigenvalue weighted by Crippen LogP contribution is 2.27. The molecule has 4 rings (SSSR count). The number of aromatic amines is 1. The highest BCUT2D eigenvalue weighted by molar-refractivity contribution is 5.74. The van der Waals surface area contributed by atoms with Crippen molar-refractivity contribution in [1.29, 1.82) is 0 Å². The molecule has 2 aromatic carbocycles. The molecule has 0 saturated carbocycles. The van der Waals surface area contributed by atoms with Crippen LogP contribution >= 0.6 is 0 Å². The zero-order chi connectivity index (χ0) is 18.5. The van der Waals surface area contributed by atoms with E-state index in [4.69, 9.17) is 0 Å². The van der Waals surface area contributed by atoms with E-state index in [0.717, 1.165) is 35.1 Å². The number of unbranched alkanes of at least 4 members (excludes halogenated alkanes) is 1. The minimum atomic E-state index is 0.786. The predicted octanol–water partition coefficient (Wildman–Crippen LogP) is 5.09. The van der Waals surface area contributed by atoms with Gasteiger partial charge in [-0.2, -0.15) is 0 Å². The molecule has 142 valence electrons. The average Bonchev–Trinajstić information content (AvgIpc) is 3.11. The highest BCUT2D eigenvalue weighted by Gasteiger charge is 2.25. The lowest BCUT2D eigenvalue weighted by atomic mass is 9.82. The number of imidazole rings is 1. The number of nitrogens with one attached hydrogen (secondary N) is 1. The zero-order valence-corrected chi connectivity index (χ0v) is 16.4. The molecular formula is C24H31N3. The van der Waals surface area contributed by atoms with Gasteiger partial charge in [0.1, 0.15) is 5.82 Å². The molecule has 0 aliphatic carbocycles. The molecular weight excluding hydrogens is 330 g/mol. The van der Waals surface area contributed by atoms with Crippen molar-refractivity contribution >= 4 is 11.0 Å². The van der Waals surface area contributed by atoms with Gasteiger partial charge < -0.3 is 9.88 Å². The predicted molar refractivity (Wildman–Crippen MR) is 113 cm³/mol. The summed E-state index contributed by atoms with van der Waals surface area (Å²) in [4.78, 5) is 10.8. The zero-order valence-electron chi connectivity index (χ0n) is 16.4. The summed E-state index contributed by atoms with van der Waals surface area (Å²) in [6.45, 7) is 6.17. The van der Waals surface area contributed by atoms with E-state index in [2.05, 4.69) is 76.4 Å². The maximum Gasteiger partial charge on any atom is 0.107 e. The van der Waals surface area contributed by atoms with Gasteiger partial charge in [0.05, 0.1) is 11.0 Å². The van der Waals surface area contributed by atoms with E-state index in [1.165, 1.54) is 50.9 Å². The molecule has 3 nitrogen and oxygen atoms in total. The Morgan fingerprint density at radius 1 is 1.04 bits per heavy atom. The summed E-state index contributed by atoms with van der Waals surface area (Å²) in [5.41, 5.74) is 3.73. The third-order valence-electron chi connectivity index (χ3n) is 6.08. The van der Waals surface area contributed by atoms with Crippen molar-refractivity contribution in [3.8, 4) is 0 Å². The monoisotopic (exact) mass is 361 g/mol. The first-order valence-corrected chi connectivity index (χ1v) is 10.5. The molecule has 2 atom stereocenters. The van der Waals surface area contributed by atoms with Crippen molar-refractivity contribution in [3.63, 3.8) is 0 Å². The fraction of sp³-hybridized carbons (Fsp3) is 0.458. The smallest absolute Gasteiger partial charge is 0.107 e. The molecule has 0 bridgehead atoms. The van der Waals surface area contributed by atoms with Crippen LogP contribution in [0.1, 0.15) is 37.6 Å². The van der Waals surface area contributed by atoms with Gasteiger partial charge in [0.25, 0.3) is 0 Å². The topological polar surface area (TPSA) is 31.9 Å². The number of hydrogen-bond acceptors (Lipinski definition) is 2. The Bertz CT molecular complexity index is 806. The van der Waals surface area contributed by atoms with Gasteiger partial charge in [-0.1, -0.05) is 49.4 Å². The maximum atomic E-state index is 4.69. The first-order valence-electron chi connectivity index (χ1n) is 10.5. The van der Waals surface area contributed by atoms with E-state index in [1.54, 1.807) is 0 Å². The van der Waals surface area contributed by atoms with Crippen LogP contribution in [0.5, 0.6) is 0 Å². The van der Waals surface area contributed by atoms with Crippen molar-refractivity contribution in [2.45, 2.75) is 39.0 Å². The van der Waals surface area contributed by atoms with Crippen LogP contribution < -0.4 is 0 Å². The summed E-state index contributed by atoms with van der Waals surface area (Å²) in [6, 6.07) is 19.3. The minimum Gasteiger partial charge on any atom is -0.342 e. The van der Waals surface area contributed by atoms with Crippen LogP contribution in [0.3, 0.4) is 0 Å². The van der Waals surface area contributed by atoms with Crippen LogP contribution in [0.4, 0.5) is 0 Å². The van der Waals surface area contributed by atoms with E-state index in [9.17, 15) is 0 Å². The van der Waals surface area contributed by atoms with Crippen LogP contribution in [-0.2, 0) is 12.8 Å². The van der Waals surface area contributed by atoms with Gasteiger partial charge in [-0.3, -0.25) is 0 Å². The second-order valence-corrected chi connectivity index (χ2v) is 8.17. The van der Waals surface area contributed by atoms with Gasteiger partial charge in [0.15, 0.2) is 0 Å². The third-order valence-corrected chi connectivity index (χ3v) is 6.08. The number of nitrogens with zero attached hydrogens (tertiary/aromatic N) is 2. The van der Waals surface area contributed by atoms with E-state index in [1.807, 2.05) is 0 Å². The molecule has 3 heteroatoms. The molecule has 0 amide bonds. The van der Waals surface area contributed by atoms with Crippen molar-refractivity contribution in [2.24, 2.45) is 11.8 Å². The fourth-order valence-electron chi connectivity index (χ4n) is 4.46. The van der Waals surface area contributed by atoms with E-state index in [0.29, 0.717) is 0 Å². The number of H-pyrrole nitrogens is 1. The third kappa shape index (κ3) is 4.78. The van der Waals surface area contributed by atoms with Gasteiger partial charge in [0, 0.05) is 13.0 Å². The van der Waals surface area contributed by atoms with E-state index in [-0.39, 0.29) is 0 Å². The molecule has 1 saturated heterocycles. The van der Waals surface area contributed by atoms with Crippen molar-refractivity contribution in [3.05, 3.63) is 66.0 Å². The Morgan fingerprint density at radius 2 is 1.85 bits per heavy atom. The normalized spacial score (nSPS) is 20.9. The number of para-hydroxylation sites is 2. The van der Waals surface area contributed by atoms with Crippen LogP contribution in [-0.4, -0.2) is 34.5 Å². The summed E-state index contributed by atoms with van der Waals surface area (Å²) < 4.78 is 0. The first-order chi connectivity index (χ1) is 13.3. The Morgan fingerprint density at radius 3 is 2.67 bits per heavy atom. The average molecular weight is 362 g/mol. The van der Waals surface area contributed by atoms with Gasteiger partial charge in [0.2, 0.25) is 0 Å². The Kier molecular flexibility index (Phi) is 5.88. The second kappa shape index (κ2) is 8.71. The number of aryl methyl sites for hydroxylation is 1. The summed E-state index contributed by atoms with van der Waals surface area (Å²) in [5, 5.41) is 0. The number of hydrogen-bond donors (Lipinski definition) is 1. The van der Waals surface area contributed by atoms with Crippen LogP contribution in [0.25, 0.3) is 11.0 Å². The molecule has 3 aromatic rings. The van der Waals surface area contributed by atoms with E-state index < -0.39 is 0 Å². The lowest BCUT2D eigenvalue weighted by Gasteiger charge is -2.37. The van der Waals surface area contributed by atoms with Crippen LogP contribution in [0.2, 0.25) is 0 Å². The number of benzene rings is 2. The lowest BCUT2D eigenvalue weighted by Crippen LogP contribution is -2.40. The molecule has 1 aromatic heterocycles. The first kappa shape index (κ1) is 18.2. The van der Waals surface area contributed by atoms with Crippen LogP contribution in [0, 0.1) is 11.8 Å². The fourth-order valence-corrected chi connectivity index (χ4v) is 4.46. The molecule has 2 unspecified atom stereocenters. The molecule has 2 heterocycles. The second-order valence-electron chi connectivity index (χ2n) is 8.17. The summed E-state index contributed by atoms with van der Waals surface area (Å²) in [5.74, 6) is 2.75.